The Morgan fingerprint density at radius 3 is 2.67 bits per heavy atom. The number of methoxy groups -OCH3 is 1. The van der Waals surface area contributed by atoms with Crippen molar-refractivity contribution in [1.29, 1.82) is 0 Å². The molecule has 1 aromatic carbocycles. The van der Waals surface area contributed by atoms with Crippen LogP contribution in [0, 0.1) is 6.92 Å². The number of benzene rings is 1. The van der Waals surface area contributed by atoms with E-state index in [1.165, 1.54) is 7.11 Å². The molecule has 0 aliphatic carbocycles. The maximum absolute atomic E-state index is 12.1. The lowest BCUT2D eigenvalue weighted by molar-refractivity contribution is 0.0592. The molecule has 0 unspecified atom stereocenters. The number of pyridine rings is 2. The molecule has 0 bridgehead atoms. The summed E-state index contributed by atoms with van der Waals surface area (Å²) in [5, 5.41) is 0.754. The lowest BCUT2D eigenvalue weighted by atomic mass is 10.2. The average molecular weight is 405 g/mol. The molecule has 0 amide bonds. The summed E-state index contributed by atoms with van der Waals surface area (Å²) in [4.78, 5) is 21.6. The fraction of sp³-hybridized carbons (Fsp3) is 0.118. The summed E-state index contributed by atoms with van der Waals surface area (Å²) < 4.78 is 11.1. The quantitative estimate of drug-likeness (QED) is 0.360. The first-order valence-corrected chi connectivity index (χ1v) is 8.57. The standard InChI is InChI=1S/C17H13BrN2O3S/c1-10-5-7-11(8-6-10)24-23-15-13-12(4-3-9-19-13)16(18)20-14(15)17(21)22-2/h3-9H,1-2H3. The van der Waals surface area contributed by atoms with Crippen molar-refractivity contribution in [1.82, 2.24) is 9.97 Å². The highest BCUT2D eigenvalue weighted by molar-refractivity contribution is 9.10. The van der Waals surface area contributed by atoms with Crippen molar-refractivity contribution in [3.63, 3.8) is 0 Å². The number of carbonyl (C=O) groups is 1. The van der Waals surface area contributed by atoms with Gasteiger partial charge in [-0.1, -0.05) is 17.7 Å². The van der Waals surface area contributed by atoms with Gasteiger partial charge in [0.1, 0.15) is 10.1 Å². The summed E-state index contributed by atoms with van der Waals surface area (Å²) >= 11 is 4.50. The van der Waals surface area contributed by atoms with Gasteiger partial charge < -0.3 is 8.92 Å². The van der Waals surface area contributed by atoms with Crippen LogP contribution < -0.4 is 4.18 Å². The number of hydrogen-bond acceptors (Lipinski definition) is 6. The topological polar surface area (TPSA) is 61.3 Å². The number of aryl methyl sites for hydroxylation is 1. The Morgan fingerprint density at radius 2 is 1.96 bits per heavy atom. The molecule has 0 spiro atoms. The zero-order chi connectivity index (χ0) is 17.1. The van der Waals surface area contributed by atoms with Crippen LogP contribution in [0.2, 0.25) is 0 Å². The molecule has 3 rings (SSSR count). The van der Waals surface area contributed by atoms with E-state index in [9.17, 15) is 4.79 Å². The molecule has 24 heavy (non-hydrogen) atoms. The molecule has 0 radical (unpaired) electrons. The summed E-state index contributed by atoms with van der Waals surface area (Å²) in [6.45, 7) is 2.01. The van der Waals surface area contributed by atoms with Gasteiger partial charge in [-0.3, -0.25) is 4.98 Å². The van der Waals surface area contributed by atoms with Gasteiger partial charge >= 0.3 is 5.97 Å². The zero-order valence-electron chi connectivity index (χ0n) is 12.9. The fourth-order valence-corrected chi connectivity index (χ4v) is 3.15. The maximum Gasteiger partial charge on any atom is 0.360 e. The highest BCUT2D eigenvalue weighted by Gasteiger charge is 2.22. The third-order valence-corrected chi connectivity index (χ3v) is 4.61. The largest absolute Gasteiger partial charge is 0.464 e. The smallest absolute Gasteiger partial charge is 0.360 e. The van der Waals surface area contributed by atoms with E-state index in [4.69, 9.17) is 8.92 Å². The minimum atomic E-state index is -0.581. The number of aromatic nitrogens is 2. The number of carbonyl (C=O) groups excluding carboxylic acids is 1. The zero-order valence-corrected chi connectivity index (χ0v) is 15.3. The molecule has 0 saturated carbocycles. The second-order valence-electron chi connectivity index (χ2n) is 4.95. The molecule has 3 aromatic rings. The van der Waals surface area contributed by atoms with Crippen LogP contribution in [0.4, 0.5) is 0 Å². The number of fused-ring (bicyclic) bond motifs is 1. The number of nitrogens with zero attached hydrogens (tertiary/aromatic N) is 2. The van der Waals surface area contributed by atoms with Crippen molar-refractivity contribution >= 4 is 44.8 Å². The molecular formula is C17H13BrN2O3S. The molecule has 7 heteroatoms. The van der Waals surface area contributed by atoms with Crippen molar-refractivity contribution in [3.05, 3.63) is 58.5 Å². The summed E-state index contributed by atoms with van der Waals surface area (Å²) in [6, 6.07) is 11.5. The van der Waals surface area contributed by atoms with Crippen LogP contribution >= 0.6 is 28.0 Å². The van der Waals surface area contributed by atoms with E-state index in [1.54, 1.807) is 12.3 Å². The van der Waals surface area contributed by atoms with Crippen LogP contribution in [0.25, 0.3) is 10.9 Å². The van der Waals surface area contributed by atoms with Gasteiger partial charge in [-0.05, 0) is 47.1 Å². The SMILES string of the molecule is COC(=O)c1nc(Br)c2cccnc2c1OSc1ccc(C)cc1. The summed E-state index contributed by atoms with van der Waals surface area (Å²) in [6.07, 6.45) is 1.64. The van der Waals surface area contributed by atoms with E-state index in [-0.39, 0.29) is 11.4 Å². The maximum atomic E-state index is 12.1. The van der Waals surface area contributed by atoms with Crippen LogP contribution in [0.15, 0.2) is 52.1 Å². The number of ether oxygens (including phenoxy) is 1. The molecule has 5 nitrogen and oxygen atoms in total. The number of rotatable bonds is 4. The van der Waals surface area contributed by atoms with Crippen molar-refractivity contribution in [2.24, 2.45) is 0 Å². The first-order valence-electron chi connectivity index (χ1n) is 7.04. The first-order chi connectivity index (χ1) is 11.6. The van der Waals surface area contributed by atoms with Gasteiger partial charge in [0.2, 0.25) is 0 Å². The molecule has 2 heterocycles. The summed E-state index contributed by atoms with van der Waals surface area (Å²) in [7, 11) is 1.30. The van der Waals surface area contributed by atoms with E-state index < -0.39 is 5.97 Å². The van der Waals surface area contributed by atoms with E-state index in [0.29, 0.717) is 10.1 Å². The third-order valence-electron chi connectivity index (χ3n) is 3.29. The molecule has 0 N–H and O–H groups in total. The van der Waals surface area contributed by atoms with E-state index >= 15 is 0 Å². The predicted octanol–water partition coefficient (Wildman–Crippen LogP) is 4.57. The Bertz CT molecular complexity index is 900. The number of esters is 1. The van der Waals surface area contributed by atoms with Gasteiger partial charge in [-0.2, -0.15) is 0 Å². The predicted molar refractivity (Wildman–Crippen MR) is 96.2 cm³/mol. The lowest BCUT2D eigenvalue weighted by Crippen LogP contribution is -2.08. The molecule has 0 saturated heterocycles. The fourth-order valence-electron chi connectivity index (χ4n) is 2.07. The summed E-state index contributed by atoms with van der Waals surface area (Å²) in [5.41, 5.74) is 1.78. The highest BCUT2D eigenvalue weighted by atomic mass is 79.9. The van der Waals surface area contributed by atoms with Gasteiger partial charge in [0.15, 0.2) is 11.4 Å². The summed E-state index contributed by atoms with van der Waals surface area (Å²) in [5.74, 6) is -0.297. The third kappa shape index (κ3) is 3.37. The van der Waals surface area contributed by atoms with Crippen LogP contribution in [0.5, 0.6) is 5.75 Å². The minimum Gasteiger partial charge on any atom is -0.464 e. The van der Waals surface area contributed by atoms with Gasteiger partial charge in [-0.15, -0.1) is 0 Å². The Morgan fingerprint density at radius 1 is 1.21 bits per heavy atom. The van der Waals surface area contributed by atoms with Crippen LogP contribution in [0.1, 0.15) is 16.1 Å². The Balaban J connectivity index is 2.05. The second kappa shape index (κ2) is 7.19. The van der Waals surface area contributed by atoms with Crippen molar-refractivity contribution in [2.75, 3.05) is 7.11 Å². The van der Waals surface area contributed by atoms with Crippen molar-refractivity contribution in [2.45, 2.75) is 11.8 Å². The molecule has 0 aliphatic heterocycles. The van der Waals surface area contributed by atoms with Gasteiger partial charge in [0.05, 0.1) is 19.2 Å². The molecule has 122 valence electrons. The second-order valence-corrected chi connectivity index (χ2v) is 6.51. The van der Waals surface area contributed by atoms with E-state index in [1.807, 2.05) is 37.3 Å². The van der Waals surface area contributed by atoms with Gasteiger partial charge in [-0.25, -0.2) is 9.78 Å². The van der Waals surface area contributed by atoms with Gasteiger partial charge in [0, 0.05) is 16.5 Å². The van der Waals surface area contributed by atoms with Gasteiger partial charge in [0.25, 0.3) is 0 Å². The normalized spacial score (nSPS) is 10.6. The Kier molecular flexibility index (Phi) is 5.01. The van der Waals surface area contributed by atoms with Crippen LogP contribution in [-0.4, -0.2) is 23.0 Å². The molecule has 0 aliphatic rings. The average Bonchev–Trinajstić information content (AvgIpc) is 2.61. The Hall–Kier alpha value is -2.12. The van der Waals surface area contributed by atoms with E-state index in [0.717, 1.165) is 27.9 Å². The van der Waals surface area contributed by atoms with Crippen molar-refractivity contribution < 1.29 is 13.7 Å². The van der Waals surface area contributed by atoms with E-state index in [2.05, 4.69) is 25.9 Å². The lowest BCUT2D eigenvalue weighted by Gasteiger charge is -2.11. The van der Waals surface area contributed by atoms with Crippen LogP contribution in [-0.2, 0) is 4.74 Å². The first kappa shape index (κ1) is 16.7. The molecule has 0 fully saturated rings. The van der Waals surface area contributed by atoms with Crippen molar-refractivity contribution in [3.8, 4) is 5.75 Å². The Labute approximate surface area is 151 Å². The molecule has 0 atom stereocenters. The number of halogens is 1. The monoisotopic (exact) mass is 404 g/mol. The highest BCUT2D eigenvalue weighted by Crippen LogP contribution is 2.35. The molecule has 2 aromatic heterocycles. The minimum absolute atomic E-state index is 0.0789. The van der Waals surface area contributed by atoms with Crippen LogP contribution in [0.3, 0.4) is 0 Å². The number of hydrogen-bond donors (Lipinski definition) is 0. The molecular weight excluding hydrogens is 392 g/mol.